The number of rotatable bonds is 6. The molecule has 5 heteroatoms. The average Bonchev–Trinajstić information content (AvgIpc) is 3.04. The molecule has 1 aliphatic rings. The van der Waals surface area contributed by atoms with Crippen LogP contribution in [0, 0.1) is 0 Å². The molecule has 0 bridgehead atoms. The maximum Gasteiger partial charge on any atom is 0.265 e. The van der Waals surface area contributed by atoms with Gasteiger partial charge in [0.15, 0.2) is 6.61 Å². The normalized spacial score (nSPS) is 11.4. The van der Waals surface area contributed by atoms with E-state index in [2.05, 4.69) is 22.6 Å². The van der Waals surface area contributed by atoms with Crippen LogP contribution in [0.15, 0.2) is 78.0 Å². The van der Waals surface area contributed by atoms with Crippen molar-refractivity contribution in [1.29, 1.82) is 0 Å². The number of para-hydroxylation sites is 2. The summed E-state index contributed by atoms with van der Waals surface area (Å²) in [5.41, 5.74) is 5.61. The highest BCUT2D eigenvalue weighted by atomic mass is 16.6. The monoisotopic (exact) mass is 372 g/mol. The van der Waals surface area contributed by atoms with E-state index < -0.39 is 0 Å². The van der Waals surface area contributed by atoms with Crippen molar-refractivity contribution in [2.45, 2.75) is 6.92 Å². The summed E-state index contributed by atoms with van der Waals surface area (Å²) in [4.78, 5) is 17.7. The molecule has 0 aliphatic heterocycles. The molecule has 0 heterocycles. The highest BCUT2D eigenvalue weighted by Gasteiger charge is 2.24. The first-order valence-electron chi connectivity index (χ1n) is 9.18. The van der Waals surface area contributed by atoms with E-state index in [0.717, 1.165) is 28.0 Å². The lowest BCUT2D eigenvalue weighted by Gasteiger charge is -2.10. The minimum Gasteiger partial charge on any atom is -0.492 e. The molecular formula is C23H20N2O3. The Kier molecular flexibility index (Phi) is 5.06. The van der Waals surface area contributed by atoms with Gasteiger partial charge in [0.2, 0.25) is 0 Å². The number of carbonyl (C=O) groups is 1. The van der Waals surface area contributed by atoms with Crippen molar-refractivity contribution in [3.63, 3.8) is 0 Å². The number of nitrogens with one attached hydrogen (secondary N) is 1. The van der Waals surface area contributed by atoms with Crippen LogP contribution in [0.5, 0.6) is 5.75 Å². The quantitative estimate of drug-likeness (QED) is 0.508. The number of benzene rings is 3. The summed E-state index contributed by atoms with van der Waals surface area (Å²) in [5.74, 6) is 0.333. The lowest BCUT2D eigenvalue weighted by Crippen LogP contribution is -2.18. The van der Waals surface area contributed by atoms with Crippen LogP contribution >= 0.6 is 0 Å². The molecule has 0 saturated heterocycles. The number of anilines is 1. The van der Waals surface area contributed by atoms with Crippen molar-refractivity contribution >= 4 is 17.3 Å². The smallest absolute Gasteiger partial charge is 0.265 e. The maximum absolute atomic E-state index is 12.3. The van der Waals surface area contributed by atoms with Gasteiger partial charge in [-0.25, -0.2) is 0 Å². The van der Waals surface area contributed by atoms with Crippen LogP contribution in [-0.2, 0) is 9.63 Å². The largest absolute Gasteiger partial charge is 0.492 e. The van der Waals surface area contributed by atoms with Crippen LogP contribution in [-0.4, -0.2) is 24.8 Å². The van der Waals surface area contributed by atoms with Gasteiger partial charge < -0.3 is 14.9 Å². The van der Waals surface area contributed by atoms with Gasteiger partial charge in [0.1, 0.15) is 11.5 Å². The molecule has 4 rings (SSSR count). The summed E-state index contributed by atoms with van der Waals surface area (Å²) in [6.45, 7) is 2.24. The molecule has 5 nitrogen and oxygen atoms in total. The number of fused-ring (bicyclic) bond motifs is 3. The van der Waals surface area contributed by atoms with E-state index in [1.54, 1.807) is 6.07 Å². The van der Waals surface area contributed by atoms with Crippen LogP contribution < -0.4 is 10.1 Å². The SMILES string of the molecule is CCOc1ccccc1NC(=O)CON=C1c2ccccc2-c2ccccc21. The number of carbonyl (C=O) groups excluding carboxylic acids is 1. The molecule has 140 valence electrons. The third-order valence-electron chi connectivity index (χ3n) is 4.47. The first-order valence-corrected chi connectivity index (χ1v) is 9.18. The Morgan fingerprint density at radius 1 is 0.857 bits per heavy atom. The van der Waals surface area contributed by atoms with Crippen molar-refractivity contribution in [1.82, 2.24) is 0 Å². The highest BCUT2D eigenvalue weighted by molar-refractivity contribution is 6.24. The minimum atomic E-state index is -0.295. The summed E-state index contributed by atoms with van der Waals surface area (Å²) >= 11 is 0. The molecule has 0 aromatic heterocycles. The van der Waals surface area contributed by atoms with Gasteiger partial charge in [-0.3, -0.25) is 4.79 Å². The fourth-order valence-corrected chi connectivity index (χ4v) is 3.29. The number of amides is 1. The van der Waals surface area contributed by atoms with E-state index in [1.165, 1.54) is 0 Å². The van der Waals surface area contributed by atoms with Crippen LogP contribution in [0.2, 0.25) is 0 Å². The van der Waals surface area contributed by atoms with Gasteiger partial charge in [0.25, 0.3) is 5.91 Å². The summed E-state index contributed by atoms with van der Waals surface area (Å²) in [7, 11) is 0. The van der Waals surface area contributed by atoms with E-state index in [-0.39, 0.29) is 12.5 Å². The standard InChI is InChI=1S/C23H20N2O3/c1-2-27-21-14-8-7-13-20(21)24-22(26)15-28-25-23-18-11-5-3-9-16(18)17-10-4-6-12-19(17)23/h3-14H,2,15H2,1H3,(H,24,26). The Bertz CT molecular complexity index is 996. The number of ether oxygens (including phenoxy) is 1. The van der Waals surface area contributed by atoms with Crippen LogP contribution in [0.25, 0.3) is 11.1 Å². The van der Waals surface area contributed by atoms with E-state index in [9.17, 15) is 4.79 Å². The lowest BCUT2D eigenvalue weighted by molar-refractivity contribution is -0.120. The van der Waals surface area contributed by atoms with E-state index in [4.69, 9.17) is 9.57 Å². The molecular weight excluding hydrogens is 352 g/mol. The van der Waals surface area contributed by atoms with Crippen molar-refractivity contribution in [3.05, 3.63) is 83.9 Å². The van der Waals surface area contributed by atoms with E-state index in [0.29, 0.717) is 18.0 Å². The molecule has 1 N–H and O–H groups in total. The van der Waals surface area contributed by atoms with Gasteiger partial charge >= 0.3 is 0 Å². The van der Waals surface area contributed by atoms with Gasteiger partial charge in [-0.05, 0) is 30.2 Å². The highest BCUT2D eigenvalue weighted by Crippen LogP contribution is 2.36. The zero-order valence-corrected chi connectivity index (χ0v) is 15.5. The number of hydrogen-bond acceptors (Lipinski definition) is 4. The molecule has 1 amide bonds. The molecule has 3 aromatic rings. The van der Waals surface area contributed by atoms with Gasteiger partial charge in [-0.1, -0.05) is 65.8 Å². The fraction of sp³-hybridized carbons (Fsp3) is 0.130. The maximum atomic E-state index is 12.3. The third-order valence-corrected chi connectivity index (χ3v) is 4.47. The van der Waals surface area contributed by atoms with Crippen molar-refractivity contribution in [2.75, 3.05) is 18.5 Å². The fourth-order valence-electron chi connectivity index (χ4n) is 3.29. The van der Waals surface area contributed by atoms with Crippen LogP contribution in [0.3, 0.4) is 0 Å². The molecule has 0 spiro atoms. The van der Waals surface area contributed by atoms with Crippen molar-refractivity contribution in [2.24, 2.45) is 5.16 Å². The minimum absolute atomic E-state index is 0.186. The Morgan fingerprint density at radius 3 is 2.07 bits per heavy atom. The molecule has 0 radical (unpaired) electrons. The molecule has 3 aromatic carbocycles. The predicted octanol–water partition coefficient (Wildman–Crippen LogP) is 4.47. The molecule has 0 fully saturated rings. The number of oxime groups is 1. The second kappa shape index (κ2) is 7.96. The number of nitrogens with zero attached hydrogens (tertiary/aromatic N) is 1. The van der Waals surface area contributed by atoms with Crippen LogP contribution in [0.4, 0.5) is 5.69 Å². The second-order valence-corrected chi connectivity index (χ2v) is 6.28. The molecule has 0 atom stereocenters. The first-order chi connectivity index (χ1) is 13.8. The number of hydrogen-bond donors (Lipinski definition) is 1. The van der Waals surface area contributed by atoms with Gasteiger partial charge in [0.05, 0.1) is 12.3 Å². The Balaban J connectivity index is 1.48. The molecule has 1 aliphatic carbocycles. The van der Waals surface area contributed by atoms with Gasteiger partial charge in [-0.15, -0.1) is 0 Å². The topological polar surface area (TPSA) is 59.9 Å². The second-order valence-electron chi connectivity index (χ2n) is 6.28. The zero-order chi connectivity index (χ0) is 19.3. The van der Waals surface area contributed by atoms with E-state index in [1.807, 2.05) is 61.5 Å². The first kappa shape index (κ1) is 17.8. The Morgan fingerprint density at radius 2 is 1.43 bits per heavy atom. The van der Waals surface area contributed by atoms with Crippen molar-refractivity contribution in [3.8, 4) is 16.9 Å². The molecule has 28 heavy (non-hydrogen) atoms. The van der Waals surface area contributed by atoms with Gasteiger partial charge in [0, 0.05) is 11.1 Å². The van der Waals surface area contributed by atoms with E-state index >= 15 is 0 Å². The molecule has 0 unspecified atom stereocenters. The van der Waals surface area contributed by atoms with Crippen molar-refractivity contribution < 1.29 is 14.4 Å². The zero-order valence-electron chi connectivity index (χ0n) is 15.5. The van der Waals surface area contributed by atoms with Crippen LogP contribution in [0.1, 0.15) is 18.1 Å². The predicted molar refractivity (Wildman–Crippen MR) is 110 cm³/mol. The average molecular weight is 372 g/mol. The summed E-state index contributed by atoms with van der Waals surface area (Å²) in [5, 5.41) is 7.07. The summed E-state index contributed by atoms with van der Waals surface area (Å²) < 4.78 is 5.52. The van der Waals surface area contributed by atoms with Gasteiger partial charge in [-0.2, -0.15) is 0 Å². The Hall–Kier alpha value is -3.60. The lowest BCUT2D eigenvalue weighted by atomic mass is 10.1. The molecule has 0 saturated carbocycles. The third kappa shape index (κ3) is 3.47. The summed E-state index contributed by atoms with van der Waals surface area (Å²) in [6.07, 6.45) is 0. The Labute approximate surface area is 163 Å². The summed E-state index contributed by atoms with van der Waals surface area (Å²) in [6, 6.07) is 23.4.